The molecule has 0 bridgehead atoms. The lowest BCUT2D eigenvalue weighted by molar-refractivity contribution is -0.122. The first-order valence-electron chi connectivity index (χ1n) is 4.18. The van der Waals surface area contributed by atoms with E-state index in [1.165, 1.54) is 13.8 Å². The number of Topliss-reactive ketones (excluding diaryl/α,β-unsaturated/α-hetero) is 1. The molecule has 12 heavy (non-hydrogen) atoms. The molecule has 1 atom stereocenters. The molecule has 0 aromatic heterocycles. The van der Waals surface area contributed by atoms with Crippen LogP contribution in [0.25, 0.3) is 0 Å². The van der Waals surface area contributed by atoms with Crippen molar-refractivity contribution in [1.82, 2.24) is 5.32 Å². The van der Waals surface area contributed by atoms with E-state index < -0.39 is 0 Å². The van der Waals surface area contributed by atoms with Gasteiger partial charge in [0.15, 0.2) is 0 Å². The van der Waals surface area contributed by atoms with Gasteiger partial charge in [0.1, 0.15) is 5.78 Å². The Morgan fingerprint density at radius 2 is 1.83 bits per heavy atom. The Labute approximate surface area is 73.5 Å². The van der Waals surface area contributed by atoms with Crippen molar-refractivity contribution in [3.63, 3.8) is 0 Å². The second-order valence-corrected chi connectivity index (χ2v) is 3.47. The predicted molar refractivity (Wildman–Crippen MR) is 47.8 cm³/mol. The number of rotatable bonds is 4. The van der Waals surface area contributed by atoms with Crippen molar-refractivity contribution in [2.24, 2.45) is 0 Å². The lowest BCUT2D eigenvalue weighted by Gasteiger charge is -2.27. The SMILES string of the molecule is CCC(C)(CC(C)=O)NC(C)=O. The summed E-state index contributed by atoms with van der Waals surface area (Å²) in [6.07, 6.45) is 1.18. The van der Waals surface area contributed by atoms with E-state index in [1.807, 2.05) is 13.8 Å². The number of hydrogen-bond acceptors (Lipinski definition) is 2. The molecule has 1 N–H and O–H groups in total. The van der Waals surface area contributed by atoms with Crippen LogP contribution in [-0.2, 0) is 9.59 Å². The van der Waals surface area contributed by atoms with E-state index in [0.29, 0.717) is 6.42 Å². The minimum absolute atomic E-state index is 0.0828. The first-order valence-corrected chi connectivity index (χ1v) is 4.18. The topological polar surface area (TPSA) is 46.2 Å². The lowest BCUT2D eigenvalue weighted by Crippen LogP contribution is -2.45. The number of nitrogens with one attached hydrogen (secondary N) is 1. The van der Waals surface area contributed by atoms with Crippen molar-refractivity contribution < 1.29 is 9.59 Å². The Bertz CT molecular complexity index is 171. The van der Waals surface area contributed by atoms with E-state index in [4.69, 9.17) is 0 Å². The van der Waals surface area contributed by atoms with Crippen molar-refractivity contribution in [3.8, 4) is 0 Å². The van der Waals surface area contributed by atoms with Gasteiger partial charge in [-0.25, -0.2) is 0 Å². The summed E-state index contributed by atoms with van der Waals surface area (Å²) in [5, 5.41) is 2.78. The zero-order valence-corrected chi connectivity index (χ0v) is 8.23. The summed E-state index contributed by atoms with van der Waals surface area (Å²) >= 11 is 0. The van der Waals surface area contributed by atoms with E-state index in [2.05, 4.69) is 5.32 Å². The number of carbonyl (C=O) groups is 2. The monoisotopic (exact) mass is 171 g/mol. The van der Waals surface area contributed by atoms with E-state index in [-0.39, 0.29) is 17.2 Å². The van der Waals surface area contributed by atoms with Crippen LogP contribution < -0.4 is 5.32 Å². The van der Waals surface area contributed by atoms with Gasteiger partial charge >= 0.3 is 0 Å². The number of amides is 1. The molecule has 1 unspecified atom stereocenters. The molecule has 0 rings (SSSR count). The van der Waals surface area contributed by atoms with Crippen molar-refractivity contribution in [2.45, 2.75) is 46.1 Å². The lowest BCUT2D eigenvalue weighted by atomic mass is 9.92. The second-order valence-electron chi connectivity index (χ2n) is 3.47. The van der Waals surface area contributed by atoms with Crippen LogP contribution in [0.15, 0.2) is 0 Å². The molecule has 3 nitrogen and oxygen atoms in total. The molecule has 70 valence electrons. The Morgan fingerprint density at radius 3 is 2.08 bits per heavy atom. The summed E-state index contributed by atoms with van der Waals surface area (Å²) in [7, 11) is 0. The van der Waals surface area contributed by atoms with Gasteiger partial charge in [0.25, 0.3) is 0 Å². The zero-order valence-electron chi connectivity index (χ0n) is 8.23. The third kappa shape index (κ3) is 4.11. The Morgan fingerprint density at radius 1 is 1.33 bits per heavy atom. The summed E-state index contributed by atoms with van der Waals surface area (Å²) in [6, 6.07) is 0. The van der Waals surface area contributed by atoms with Crippen LogP contribution in [0.3, 0.4) is 0 Å². The largest absolute Gasteiger partial charge is 0.351 e. The summed E-state index contributed by atoms with van der Waals surface area (Å²) < 4.78 is 0. The van der Waals surface area contributed by atoms with Gasteiger partial charge in [0, 0.05) is 18.9 Å². The fourth-order valence-corrected chi connectivity index (χ4v) is 1.23. The zero-order chi connectivity index (χ0) is 9.78. The maximum Gasteiger partial charge on any atom is 0.217 e. The first kappa shape index (κ1) is 11.1. The highest BCUT2D eigenvalue weighted by Crippen LogP contribution is 2.14. The van der Waals surface area contributed by atoms with Crippen LogP contribution in [0.4, 0.5) is 0 Å². The molecule has 0 aromatic rings. The second kappa shape index (κ2) is 4.24. The van der Waals surface area contributed by atoms with Gasteiger partial charge < -0.3 is 5.32 Å². The van der Waals surface area contributed by atoms with Crippen LogP contribution in [0.5, 0.6) is 0 Å². The average Bonchev–Trinajstić information content (AvgIpc) is 1.83. The average molecular weight is 171 g/mol. The summed E-state index contributed by atoms with van der Waals surface area (Å²) in [5.74, 6) is 0.0219. The van der Waals surface area contributed by atoms with E-state index in [9.17, 15) is 9.59 Å². The fourth-order valence-electron chi connectivity index (χ4n) is 1.23. The van der Waals surface area contributed by atoms with Gasteiger partial charge in [-0.05, 0) is 20.3 Å². The molecular weight excluding hydrogens is 154 g/mol. The van der Waals surface area contributed by atoms with Gasteiger partial charge in [0.05, 0.1) is 0 Å². The molecule has 0 radical (unpaired) electrons. The Kier molecular flexibility index (Phi) is 3.93. The smallest absolute Gasteiger partial charge is 0.217 e. The molecule has 0 aliphatic carbocycles. The van der Waals surface area contributed by atoms with Crippen molar-refractivity contribution in [1.29, 1.82) is 0 Å². The molecule has 0 aromatic carbocycles. The van der Waals surface area contributed by atoms with Gasteiger partial charge in [-0.2, -0.15) is 0 Å². The highest BCUT2D eigenvalue weighted by Gasteiger charge is 2.24. The summed E-state index contributed by atoms with van der Waals surface area (Å²) in [4.78, 5) is 21.6. The Hall–Kier alpha value is -0.860. The van der Waals surface area contributed by atoms with Crippen LogP contribution >= 0.6 is 0 Å². The van der Waals surface area contributed by atoms with Crippen LogP contribution in [0.1, 0.15) is 40.5 Å². The fraction of sp³-hybridized carbons (Fsp3) is 0.778. The molecule has 0 fully saturated rings. The molecule has 0 aliphatic rings. The van der Waals surface area contributed by atoms with Crippen molar-refractivity contribution in [2.75, 3.05) is 0 Å². The number of carbonyl (C=O) groups excluding carboxylic acids is 2. The minimum atomic E-state index is -0.363. The highest BCUT2D eigenvalue weighted by molar-refractivity contribution is 5.79. The number of ketones is 1. The van der Waals surface area contributed by atoms with Crippen molar-refractivity contribution >= 4 is 11.7 Å². The summed E-state index contributed by atoms with van der Waals surface area (Å²) in [6.45, 7) is 6.85. The number of hydrogen-bond donors (Lipinski definition) is 1. The van der Waals surface area contributed by atoms with E-state index in [1.54, 1.807) is 0 Å². The van der Waals surface area contributed by atoms with Gasteiger partial charge in [-0.15, -0.1) is 0 Å². The third-order valence-corrected chi connectivity index (χ3v) is 1.90. The molecule has 0 heterocycles. The van der Waals surface area contributed by atoms with E-state index >= 15 is 0 Å². The van der Waals surface area contributed by atoms with Gasteiger partial charge in [0.2, 0.25) is 5.91 Å². The molecule has 0 spiro atoms. The normalized spacial score (nSPS) is 15.0. The summed E-state index contributed by atoms with van der Waals surface area (Å²) in [5.41, 5.74) is -0.363. The standard InChI is InChI=1S/C9H17NO2/c1-5-9(4,6-7(2)11)10-8(3)12/h5-6H2,1-4H3,(H,10,12). The molecule has 3 heteroatoms. The first-order chi connectivity index (χ1) is 5.39. The van der Waals surface area contributed by atoms with Crippen molar-refractivity contribution in [3.05, 3.63) is 0 Å². The molecule has 1 amide bonds. The highest BCUT2D eigenvalue weighted by atomic mass is 16.1. The van der Waals surface area contributed by atoms with Gasteiger partial charge in [-0.1, -0.05) is 6.92 Å². The van der Waals surface area contributed by atoms with Gasteiger partial charge in [-0.3, -0.25) is 9.59 Å². The van der Waals surface area contributed by atoms with Crippen LogP contribution in [0, 0.1) is 0 Å². The van der Waals surface area contributed by atoms with Crippen LogP contribution in [0.2, 0.25) is 0 Å². The molecule has 0 saturated heterocycles. The molecular formula is C9H17NO2. The third-order valence-electron chi connectivity index (χ3n) is 1.90. The predicted octanol–water partition coefficient (Wildman–Crippen LogP) is 1.27. The van der Waals surface area contributed by atoms with E-state index in [0.717, 1.165) is 6.42 Å². The van der Waals surface area contributed by atoms with Crippen LogP contribution in [-0.4, -0.2) is 17.2 Å². The molecule has 0 aliphatic heterocycles. The quantitative estimate of drug-likeness (QED) is 0.692. The maximum atomic E-state index is 10.8. The maximum absolute atomic E-state index is 10.8. The Balaban J connectivity index is 4.23. The molecule has 0 saturated carbocycles. The minimum Gasteiger partial charge on any atom is -0.351 e.